The number of halogens is 1. The molecular formula is C13H12FNOS. The number of allylic oxidation sites excluding steroid dienone is 1. The molecule has 0 N–H and O–H groups in total. The van der Waals surface area contributed by atoms with E-state index >= 15 is 0 Å². The van der Waals surface area contributed by atoms with Crippen LogP contribution in [0.5, 0.6) is 0 Å². The van der Waals surface area contributed by atoms with Gasteiger partial charge in [-0.05, 0) is 12.5 Å². The number of hydrogen-bond acceptors (Lipinski definition) is 3. The number of carbonyl (C=O) groups excluding carboxylic acids is 1. The van der Waals surface area contributed by atoms with E-state index in [1.807, 2.05) is 0 Å². The first-order valence-electron chi connectivity index (χ1n) is 5.13. The molecule has 17 heavy (non-hydrogen) atoms. The summed E-state index contributed by atoms with van der Waals surface area (Å²) >= 11 is 1.24. The quantitative estimate of drug-likeness (QED) is 0.768. The van der Waals surface area contributed by atoms with E-state index < -0.39 is 5.82 Å². The first-order chi connectivity index (χ1) is 8.15. The largest absolute Gasteiger partial charge is 0.288 e. The molecule has 0 bridgehead atoms. The highest BCUT2D eigenvalue weighted by molar-refractivity contribution is 8.13. The highest BCUT2D eigenvalue weighted by Gasteiger charge is 2.03. The topological polar surface area (TPSA) is 40.9 Å². The van der Waals surface area contributed by atoms with E-state index in [4.69, 9.17) is 5.26 Å². The number of nitriles is 1. The molecule has 0 aliphatic carbocycles. The van der Waals surface area contributed by atoms with Gasteiger partial charge in [0, 0.05) is 18.2 Å². The van der Waals surface area contributed by atoms with Crippen molar-refractivity contribution in [1.29, 1.82) is 5.26 Å². The van der Waals surface area contributed by atoms with Gasteiger partial charge < -0.3 is 0 Å². The molecule has 2 nitrogen and oxygen atoms in total. The molecule has 1 rings (SSSR count). The maximum atomic E-state index is 13.6. The van der Waals surface area contributed by atoms with Crippen LogP contribution in [-0.4, -0.2) is 10.9 Å². The zero-order chi connectivity index (χ0) is 12.7. The molecule has 1 aromatic carbocycles. The smallest absolute Gasteiger partial charge is 0.185 e. The SMILES string of the molecule is CC(=O)SCCC=Cc1cccc(C#N)c1F. The Morgan fingerprint density at radius 1 is 1.59 bits per heavy atom. The minimum atomic E-state index is -0.495. The fourth-order valence-electron chi connectivity index (χ4n) is 1.25. The Morgan fingerprint density at radius 3 is 3.00 bits per heavy atom. The molecule has 0 amide bonds. The number of thioether (sulfide) groups is 1. The van der Waals surface area contributed by atoms with E-state index in [2.05, 4.69) is 0 Å². The molecule has 0 heterocycles. The van der Waals surface area contributed by atoms with Crippen LogP contribution in [-0.2, 0) is 4.79 Å². The molecule has 0 aliphatic rings. The van der Waals surface area contributed by atoms with Crippen molar-refractivity contribution in [3.05, 3.63) is 41.2 Å². The van der Waals surface area contributed by atoms with E-state index in [9.17, 15) is 9.18 Å². The van der Waals surface area contributed by atoms with Crippen LogP contribution in [0.25, 0.3) is 6.08 Å². The summed E-state index contributed by atoms with van der Waals surface area (Å²) in [7, 11) is 0. The van der Waals surface area contributed by atoms with Gasteiger partial charge in [0.25, 0.3) is 0 Å². The van der Waals surface area contributed by atoms with Gasteiger partial charge in [-0.3, -0.25) is 4.79 Å². The molecule has 0 atom stereocenters. The number of hydrogen-bond donors (Lipinski definition) is 0. The second-order valence-electron chi connectivity index (χ2n) is 3.35. The highest BCUT2D eigenvalue weighted by atomic mass is 32.2. The fourth-order valence-corrected chi connectivity index (χ4v) is 1.79. The summed E-state index contributed by atoms with van der Waals surface area (Å²) in [5, 5.41) is 8.74. The summed E-state index contributed by atoms with van der Waals surface area (Å²) in [5.74, 6) is 0.191. The van der Waals surface area contributed by atoms with E-state index in [0.717, 1.165) is 0 Å². The number of carbonyl (C=O) groups is 1. The van der Waals surface area contributed by atoms with Crippen LogP contribution in [0.2, 0.25) is 0 Å². The lowest BCUT2D eigenvalue weighted by atomic mass is 10.1. The Kier molecular flexibility index (Phi) is 5.44. The molecule has 0 saturated heterocycles. The second-order valence-corrected chi connectivity index (χ2v) is 4.62. The Hall–Kier alpha value is -1.60. The zero-order valence-corrected chi connectivity index (χ0v) is 10.3. The van der Waals surface area contributed by atoms with Crippen molar-refractivity contribution in [3.8, 4) is 6.07 Å². The lowest BCUT2D eigenvalue weighted by Gasteiger charge is -1.98. The van der Waals surface area contributed by atoms with Crippen molar-refractivity contribution in [2.45, 2.75) is 13.3 Å². The highest BCUT2D eigenvalue weighted by Crippen LogP contribution is 2.14. The average Bonchev–Trinajstić information content (AvgIpc) is 2.30. The molecule has 88 valence electrons. The van der Waals surface area contributed by atoms with Gasteiger partial charge in [0.15, 0.2) is 5.12 Å². The van der Waals surface area contributed by atoms with Crippen LogP contribution >= 0.6 is 11.8 Å². The number of rotatable bonds is 4. The maximum absolute atomic E-state index is 13.6. The third-order valence-electron chi connectivity index (χ3n) is 2.04. The minimum Gasteiger partial charge on any atom is -0.288 e. The Morgan fingerprint density at radius 2 is 2.35 bits per heavy atom. The summed E-state index contributed by atoms with van der Waals surface area (Å²) in [6.07, 6.45) is 4.13. The van der Waals surface area contributed by atoms with Gasteiger partial charge in [0.05, 0.1) is 5.56 Å². The lowest BCUT2D eigenvalue weighted by molar-refractivity contribution is -0.109. The van der Waals surface area contributed by atoms with Crippen molar-refractivity contribution in [2.75, 3.05) is 5.75 Å². The standard InChI is InChI=1S/C13H12FNOS/c1-10(16)17-8-3-2-5-11-6-4-7-12(9-15)13(11)14/h2,4-7H,3,8H2,1H3. The summed E-state index contributed by atoms with van der Waals surface area (Å²) in [5.41, 5.74) is 0.446. The van der Waals surface area contributed by atoms with Crippen LogP contribution < -0.4 is 0 Å². The van der Waals surface area contributed by atoms with Crippen molar-refractivity contribution in [1.82, 2.24) is 0 Å². The molecular weight excluding hydrogens is 237 g/mol. The normalized spacial score (nSPS) is 10.4. The van der Waals surface area contributed by atoms with E-state index in [1.165, 1.54) is 24.8 Å². The van der Waals surface area contributed by atoms with Gasteiger partial charge in [0.2, 0.25) is 0 Å². The van der Waals surface area contributed by atoms with Gasteiger partial charge in [-0.1, -0.05) is 36.0 Å². The third kappa shape index (κ3) is 4.41. The van der Waals surface area contributed by atoms with Crippen LogP contribution in [0.15, 0.2) is 24.3 Å². The molecule has 0 spiro atoms. The molecule has 0 saturated carbocycles. The summed E-state index contributed by atoms with van der Waals surface area (Å²) in [6.45, 7) is 1.52. The van der Waals surface area contributed by atoms with Gasteiger partial charge in [-0.15, -0.1) is 0 Å². The number of nitrogens with zero attached hydrogens (tertiary/aromatic N) is 1. The average molecular weight is 249 g/mol. The van der Waals surface area contributed by atoms with E-state index in [1.54, 1.807) is 30.4 Å². The second kappa shape index (κ2) is 6.87. The minimum absolute atomic E-state index is 0.0465. The fraction of sp³-hybridized carbons (Fsp3) is 0.231. The van der Waals surface area contributed by atoms with Gasteiger partial charge in [-0.25, -0.2) is 4.39 Å². The van der Waals surface area contributed by atoms with E-state index in [-0.39, 0.29) is 10.7 Å². The molecule has 0 aromatic heterocycles. The molecule has 1 aromatic rings. The van der Waals surface area contributed by atoms with Gasteiger partial charge >= 0.3 is 0 Å². The molecule has 0 radical (unpaired) electrons. The van der Waals surface area contributed by atoms with Crippen LogP contribution in [0, 0.1) is 17.1 Å². The van der Waals surface area contributed by atoms with Crippen LogP contribution in [0.3, 0.4) is 0 Å². The first-order valence-corrected chi connectivity index (χ1v) is 6.12. The van der Waals surface area contributed by atoms with Gasteiger partial charge in [-0.2, -0.15) is 5.26 Å². The van der Waals surface area contributed by atoms with Crippen molar-refractivity contribution >= 4 is 23.0 Å². The Bertz CT molecular complexity index is 477. The molecule has 0 aliphatic heterocycles. The molecule has 0 unspecified atom stereocenters. The zero-order valence-electron chi connectivity index (χ0n) is 9.44. The summed E-state index contributed by atoms with van der Waals surface area (Å²) in [6, 6.07) is 6.50. The predicted molar refractivity (Wildman–Crippen MR) is 67.9 cm³/mol. The predicted octanol–water partition coefficient (Wildman–Crippen LogP) is 3.38. The van der Waals surface area contributed by atoms with Crippen molar-refractivity contribution in [2.24, 2.45) is 0 Å². The van der Waals surface area contributed by atoms with Crippen LogP contribution in [0.1, 0.15) is 24.5 Å². The first kappa shape index (κ1) is 13.5. The monoisotopic (exact) mass is 249 g/mol. The number of benzene rings is 1. The Balaban J connectivity index is 2.60. The van der Waals surface area contributed by atoms with Crippen LogP contribution in [0.4, 0.5) is 4.39 Å². The van der Waals surface area contributed by atoms with E-state index in [0.29, 0.717) is 17.7 Å². The Labute approximate surface area is 104 Å². The molecule has 0 fully saturated rings. The third-order valence-corrected chi connectivity index (χ3v) is 2.88. The van der Waals surface area contributed by atoms with Crippen molar-refractivity contribution in [3.63, 3.8) is 0 Å². The molecule has 4 heteroatoms. The lowest BCUT2D eigenvalue weighted by Crippen LogP contribution is -1.88. The maximum Gasteiger partial charge on any atom is 0.185 e. The summed E-state index contributed by atoms with van der Waals surface area (Å²) < 4.78 is 13.6. The summed E-state index contributed by atoms with van der Waals surface area (Å²) in [4.78, 5) is 10.7. The van der Waals surface area contributed by atoms with Gasteiger partial charge in [0.1, 0.15) is 11.9 Å². The van der Waals surface area contributed by atoms with Crippen molar-refractivity contribution < 1.29 is 9.18 Å².